The Hall–Kier alpha value is -1.85. The molecule has 2 aromatic rings. The fourth-order valence-corrected chi connectivity index (χ4v) is 4.70. The fourth-order valence-electron chi connectivity index (χ4n) is 3.03. The molecule has 0 bridgehead atoms. The Bertz CT molecular complexity index is 783. The van der Waals surface area contributed by atoms with Crippen molar-refractivity contribution in [1.82, 2.24) is 4.31 Å². The molecule has 2 aromatic carbocycles. The minimum Gasteiger partial charge on any atom is -0.457 e. The monoisotopic (exact) mass is 345 g/mol. The van der Waals surface area contributed by atoms with Crippen LogP contribution in [0.15, 0.2) is 59.5 Å². The van der Waals surface area contributed by atoms with Crippen molar-refractivity contribution in [3.8, 4) is 11.5 Å². The number of piperidine rings is 1. The number of sulfonamides is 1. The molecular formula is C19H23NO3S. The standard InChI is InChI=1S/C19H23NO3S/c1-19(2)13-6-14-20(15-19)24(21,22)18-11-9-17(10-12-18)23-16-7-4-3-5-8-16/h3-5,7-12H,6,13-15H2,1-2H3. The van der Waals surface area contributed by atoms with Crippen molar-refractivity contribution in [2.45, 2.75) is 31.6 Å². The topological polar surface area (TPSA) is 46.6 Å². The molecule has 0 unspecified atom stereocenters. The van der Waals surface area contributed by atoms with E-state index in [9.17, 15) is 8.42 Å². The Balaban J connectivity index is 1.77. The van der Waals surface area contributed by atoms with E-state index in [-0.39, 0.29) is 5.41 Å². The van der Waals surface area contributed by atoms with Crippen LogP contribution in [0.5, 0.6) is 11.5 Å². The molecule has 0 saturated carbocycles. The summed E-state index contributed by atoms with van der Waals surface area (Å²) in [6.07, 6.45) is 1.96. The largest absolute Gasteiger partial charge is 0.457 e. The molecule has 3 rings (SSSR count). The summed E-state index contributed by atoms with van der Waals surface area (Å²) in [6, 6.07) is 16.1. The van der Waals surface area contributed by atoms with E-state index in [1.165, 1.54) is 0 Å². The number of hydrogen-bond acceptors (Lipinski definition) is 3. The third-order valence-electron chi connectivity index (χ3n) is 4.31. The molecule has 0 spiro atoms. The maximum atomic E-state index is 12.8. The predicted molar refractivity (Wildman–Crippen MR) is 94.7 cm³/mol. The van der Waals surface area contributed by atoms with Crippen LogP contribution in [-0.2, 0) is 10.0 Å². The zero-order valence-electron chi connectivity index (χ0n) is 14.1. The molecule has 0 radical (unpaired) electrons. The molecule has 0 aromatic heterocycles. The van der Waals surface area contributed by atoms with E-state index >= 15 is 0 Å². The Morgan fingerprint density at radius 1 is 0.958 bits per heavy atom. The van der Waals surface area contributed by atoms with Gasteiger partial charge in [0.25, 0.3) is 0 Å². The molecular weight excluding hydrogens is 322 g/mol. The second-order valence-electron chi connectivity index (χ2n) is 6.99. The predicted octanol–water partition coefficient (Wildman–Crippen LogP) is 4.29. The highest BCUT2D eigenvalue weighted by Crippen LogP contribution is 2.32. The highest BCUT2D eigenvalue weighted by atomic mass is 32.2. The second kappa shape index (κ2) is 6.57. The van der Waals surface area contributed by atoms with Crippen molar-refractivity contribution in [1.29, 1.82) is 0 Å². The number of nitrogens with zero attached hydrogens (tertiary/aromatic N) is 1. The van der Waals surface area contributed by atoms with Crippen molar-refractivity contribution in [2.75, 3.05) is 13.1 Å². The maximum absolute atomic E-state index is 12.8. The molecule has 1 aliphatic rings. The van der Waals surface area contributed by atoms with Crippen LogP contribution in [0.3, 0.4) is 0 Å². The molecule has 128 valence electrons. The van der Waals surface area contributed by atoms with E-state index in [0.717, 1.165) is 18.6 Å². The first-order chi connectivity index (χ1) is 11.4. The number of hydrogen-bond donors (Lipinski definition) is 0. The smallest absolute Gasteiger partial charge is 0.243 e. The average molecular weight is 345 g/mol. The highest BCUT2D eigenvalue weighted by Gasteiger charge is 2.34. The quantitative estimate of drug-likeness (QED) is 0.830. The van der Waals surface area contributed by atoms with Gasteiger partial charge in [0.1, 0.15) is 11.5 Å². The van der Waals surface area contributed by atoms with Gasteiger partial charge < -0.3 is 4.74 Å². The molecule has 1 aliphatic heterocycles. The Morgan fingerprint density at radius 2 is 1.58 bits per heavy atom. The summed E-state index contributed by atoms with van der Waals surface area (Å²) < 4.78 is 33.0. The molecule has 5 heteroatoms. The van der Waals surface area contributed by atoms with Gasteiger partial charge in [-0.15, -0.1) is 0 Å². The first-order valence-electron chi connectivity index (χ1n) is 8.20. The zero-order valence-corrected chi connectivity index (χ0v) is 14.9. The van der Waals surface area contributed by atoms with E-state index < -0.39 is 10.0 Å². The molecule has 4 nitrogen and oxygen atoms in total. The van der Waals surface area contributed by atoms with Crippen LogP contribution < -0.4 is 4.74 Å². The van der Waals surface area contributed by atoms with Crippen molar-refractivity contribution in [3.63, 3.8) is 0 Å². The molecule has 0 N–H and O–H groups in total. The summed E-state index contributed by atoms with van der Waals surface area (Å²) in [5.41, 5.74) is 0.0294. The fraction of sp³-hybridized carbons (Fsp3) is 0.368. The van der Waals surface area contributed by atoms with Crippen molar-refractivity contribution in [2.24, 2.45) is 5.41 Å². The summed E-state index contributed by atoms with van der Waals surface area (Å²) in [5, 5.41) is 0. The lowest BCUT2D eigenvalue weighted by molar-refractivity contribution is 0.187. The molecule has 0 atom stereocenters. The summed E-state index contributed by atoms with van der Waals surface area (Å²) >= 11 is 0. The lowest BCUT2D eigenvalue weighted by atomic mass is 9.85. The SMILES string of the molecule is CC1(C)CCCN(S(=O)(=O)c2ccc(Oc3ccccc3)cc2)C1. The number of para-hydroxylation sites is 1. The summed E-state index contributed by atoms with van der Waals surface area (Å²) in [4.78, 5) is 0.320. The molecule has 0 amide bonds. The Labute approximate surface area is 144 Å². The van der Waals surface area contributed by atoms with Gasteiger partial charge in [0.15, 0.2) is 0 Å². The van der Waals surface area contributed by atoms with Crippen LogP contribution in [0.25, 0.3) is 0 Å². The van der Waals surface area contributed by atoms with Crippen molar-refractivity contribution < 1.29 is 13.2 Å². The lowest BCUT2D eigenvalue weighted by Crippen LogP contribution is -2.43. The summed E-state index contributed by atoms with van der Waals surface area (Å²) in [6.45, 7) is 5.39. The maximum Gasteiger partial charge on any atom is 0.243 e. The van der Waals surface area contributed by atoms with Crippen molar-refractivity contribution >= 4 is 10.0 Å². The first-order valence-corrected chi connectivity index (χ1v) is 9.64. The molecule has 1 heterocycles. The molecule has 24 heavy (non-hydrogen) atoms. The molecule has 0 aliphatic carbocycles. The third kappa shape index (κ3) is 3.79. The van der Waals surface area contributed by atoms with Crippen LogP contribution in [0.4, 0.5) is 0 Å². The van der Waals surface area contributed by atoms with Crippen LogP contribution in [0.2, 0.25) is 0 Å². The van der Waals surface area contributed by atoms with Crippen LogP contribution >= 0.6 is 0 Å². The second-order valence-corrected chi connectivity index (χ2v) is 8.93. The van der Waals surface area contributed by atoms with Gasteiger partial charge in [-0.2, -0.15) is 4.31 Å². The minimum atomic E-state index is -3.44. The van der Waals surface area contributed by atoms with Gasteiger partial charge in [-0.05, 0) is 54.7 Å². The Morgan fingerprint density at radius 3 is 2.21 bits per heavy atom. The van der Waals surface area contributed by atoms with Gasteiger partial charge in [-0.1, -0.05) is 32.0 Å². The average Bonchev–Trinajstić information content (AvgIpc) is 2.55. The number of rotatable bonds is 4. The Kier molecular flexibility index (Phi) is 4.65. The lowest BCUT2D eigenvalue weighted by Gasteiger charge is -2.37. The third-order valence-corrected chi connectivity index (χ3v) is 6.17. The summed E-state index contributed by atoms with van der Waals surface area (Å²) in [5.74, 6) is 1.35. The van der Waals surface area contributed by atoms with E-state index in [1.807, 2.05) is 30.3 Å². The van der Waals surface area contributed by atoms with Gasteiger partial charge in [0, 0.05) is 13.1 Å². The number of benzene rings is 2. The van der Waals surface area contributed by atoms with Gasteiger partial charge in [-0.3, -0.25) is 0 Å². The van der Waals surface area contributed by atoms with Crippen LogP contribution in [-0.4, -0.2) is 25.8 Å². The molecule has 1 fully saturated rings. The summed E-state index contributed by atoms with van der Waals surface area (Å²) in [7, 11) is -3.44. The van der Waals surface area contributed by atoms with E-state index in [4.69, 9.17) is 4.74 Å². The van der Waals surface area contributed by atoms with E-state index in [2.05, 4.69) is 13.8 Å². The van der Waals surface area contributed by atoms with Crippen LogP contribution in [0.1, 0.15) is 26.7 Å². The van der Waals surface area contributed by atoms with Gasteiger partial charge in [0.05, 0.1) is 4.90 Å². The normalized spacial score (nSPS) is 18.2. The van der Waals surface area contributed by atoms with Crippen LogP contribution in [0, 0.1) is 5.41 Å². The minimum absolute atomic E-state index is 0.0294. The first kappa shape index (κ1) is 17.0. The highest BCUT2D eigenvalue weighted by molar-refractivity contribution is 7.89. The zero-order chi connectivity index (χ0) is 17.2. The van der Waals surface area contributed by atoms with Crippen molar-refractivity contribution in [3.05, 3.63) is 54.6 Å². The van der Waals surface area contributed by atoms with E-state index in [1.54, 1.807) is 28.6 Å². The van der Waals surface area contributed by atoms with Gasteiger partial charge >= 0.3 is 0 Å². The van der Waals surface area contributed by atoms with E-state index in [0.29, 0.717) is 23.7 Å². The van der Waals surface area contributed by atoms with Gasteiger partial charge in [-0.25, -0.2) is 8.42 Å². The van der Waals surface area contributed by atoms with Gasteiger partial charge in [0.2, 0.25) is 10.0 Å². The molecule has 1 saturated heterocycles. The number of ether oxygens (including phenoxy) is 1.